The molecule has 2 rings (SSSR count). The van der Waals surface area contributed by atoms with Crippen LogP contribution in [0.15, 0.2) is 42.9 Å². The van der Waals surface area contributed by atoms with E-state index in [1.54, 1.807) is 0 Å². The van der Waals surface area contributed by atoms with Gasteiger partial charge in [0.05, 0.1) is 18.6 Å². The maximum absolute atomic E-state index is 5.65. The van der Waals surface area contributed by atoms with Crippen LogP contribution in [0.25, 0.3) is 0 Å². The standard InChI is InChI=1S/C16H23N3O/c1-2-10-19-14-18-13-15(19)12-17-9-6-11-20-16-7-4-3-5-8-16/h3-5,7-8,13-14,17H,2,6,9-12H2,1H3. The summed E-state index contributed by atoms with van der Waals surface area (Å²) in [6.07, 6.45) is 5.97. The predicted octanol–water partition coefficient (Wildman–Crippen LogP) is 2.85. The molecule has 0 radical (unpaired) electrons. The highest BCUT2D eigenvalue weighted by molar-refractivity contribution is 5.20. The largest absolute Gasteiger partial charge is 0.494 e. The Kier molecular flexibility index (Phi) is 6.11. The van der Waals surface area contributed by atoms with Crippen molar-refractivity contribution in [2.75, 3.05) is 13.2 Å². The van der Waals surface area contributed by atoms with Gasteiger partial charge in [0.2, 0.25) is 0 Å². The smallest absolute Gasteiger partial charge is 0.119 e. The van der Waals surface area contributed by atoms with E-state index in [2.05, 4.69) is 21.8 Å². The van der Waals surface area contributed by atoms with Gasteiger partial charge in [0.1, 0.15) is 5.75 Å². The van der Waals surface area contributed by atoms with Crippen LogP contribution in [0.1, 0.15) is 25.5 Å². The molecule has 1 N–H and O–H groups in total. The number of nitrogens with zero attached hydrogens (tertiary/aromatic N) is 2. The van der Waals surface area contributed by atoms with Crippen molar-refractivity contribution < 1.29 is 4.74 Å². The molecule has 0 bridgehead atoms. The Morgan fingerprint density at radius 1 is 1.25 bits per heavy atom. The zero-order valence-corrected chi connectivity index (χ0v) is 12.1. The second-order valence-electron chi connectivity index (χ2n) is 4.77. The summed E-state index contributed by atoms with van der Waals surface area (Å²) < 4.78 is 7.85. The summed E-state index contributed by atoms with van der Waals surface area (Å²) in [6.45, 7) is 5.77. The fourth-order valence-electron chi connectivity index (χ4n) is 2.06. The highest BCUT2D eigenvalue weighted by Gasteiger charge is 2.00. The quantitative estimate of drug-likeness (QED) is 0.714. The van der Waals surface area contributed by atoms with Crippen LogP contribution >= 0.6 is 0 Å². The van der Waals surface area contributed by atoms with Gasteiger partial charge in [-0.1, -0.05) is 25.1 Å². The van der Waals surface area contributed by atoms with E-state index in [0.29, 0.717) is 0 Å². The van der Waals surface area contributed by atoms with E-state index in [0.717, 1.165) is 44.8 Å². The molecule has 2 aromatic rings. The van der Waals surface area contributed by atoms with Gasteiger partial charge in [0.15, 0.2) is 0 Å². The number of benzene rings is 1. The van der Waals surface area contributed by atoms with Gasteiger partial charge in [-0.3, -0.25) is 0 Å². The molecule has 0 saturated heterocycles. The zero-order valence-electron chi connectivity index (χ0n) is 12.1. The first-order valence-electron chi connectivity index (χ1n) is 7.27. The molecule has 0 fully saturated rings. The molecule has 0 aliphatic heterocycles. The normalized spacial score (nSPS) is 10.7. The van der Waals surface area contributed by atoms with Gasteiger partial charge in [0.25, 0.3) is 0 Å². The Labute approximate surface area is 120 Å². The number of para-hydroxylation sites is 1. The molecule has 20 heavy (non-hydrogen) atoms. The maximum Gasteiger partial charge on any atom is 0.119 e. The van der Waals surface area contributed by atoms with E-state index in [-0.39, 0.29) is 0 Å². The first-order chi connectivity index (χ1) is 9.90. The molecule has 0 unspecified atom stereocenters. The van der Waals surface area contributed by atoms with Crippen LogP contribution in [-0.2, 0) is 13.1 Å². The van der Waals surface area contributed by atoms with Gasteiger partial charge in [-0.25, -0.2) is 4.98 Å². The summed E-state index contributed by atoms with van der Waals surface area (Å²) in [5.41, 5.74) is 1.25. The Balaban J connectivity index is 1.58. The van der Waals surface area contributed by atoms with Crippen molar-refractivity contribution >= 4 is 0 Å². The van der Waals surface area contributed by atoms with Crippen LogP contribution in [-0.4, -0.2) is 22.7 Å². The van der Waals surface area contributed by atoms with E-state index in [9.17, 15) is 0 Å². The molecule has 1 aromatic carbocycles. The summed E-state index contributed by atoms with van der Waals surface area (Å²) in [5.74, 6) is 0.938. The minimum Gasteiger partial charge on any atom is -0.494 e. The molecule has 0 aliphatic rings. The predicted molar refractivity (Wildman–Crippen MR) is 80.8 cm³/mol. The third-order valence-corrected chi connectivity index (χ3v) is 3.08. The van der Waals surface area contributed by atoms with E-state index in [4.69, 9.17) is 4.74 Å². The lowest BCUT2D eigenvalue weighted by molar-refractivity contribution is 0.308. The average molecular weight is 273 g/mol. The SMILES string of the molecule is CCCn1cncc1CNCCCOc1ccccc1. The monoisotopic (exact) mass is 273 g/mol. The molecule has 0 aliphatic carbocycles. The lowest BCUT2D eigenvalue weighted by Crippen LogP contribution is -2.19. The first-order valence-corrected chi connectivity index (χ1v) is 7.27. The fourth-order valence-corrected chi connectivity index (χ4v) is 2.06. The van der Waals surface area contributed by atoms with Crippen molar-refractivity contribution in [1.82, 2.24) is 14.9 Å². The lowest BCUT2D eigenvalue weighted by Gasteiger charge is -2.09. The van der Waals surface area contributed by atoms with Gasteiger partial charge in [-0.05, 0) is 31.5 Å². The zero-order chi connectivity index (χ0) is 14.0. The number of nitrogens with one attached hydrogen (secondary N) is 1. The number of hydrogen-bond donors (Lipinski definition) is 1. The Morgan fingerprint density at radius 3 is 2.90 bits per heavy atom. The van der Waals surface area contributed by atoms with Crippen molar-refractivity contribution in [3.05, 3.63) is 48.5 Å². The Morgan fingerprint density at radius 2 is 2.10 bits per heavy atom. The summed E-state index contributed by atoms with van der Waals surface area (Å²) in [7, 11) is 0. The topological polar surface area (TPSA) is 39.1 Å². The minimum absolute atomic E-state index is 0.741. The van der Waals surface area contributed by atoms with E-state index >= 15 is 0 Å². The first kappa shape index (κ1) is 14.6. The summed E-state index contributed by atoms with van der Waals surface area (Å²) in [5, 5.41) is 3.43. The second-order valence-corrected chi connectivity index (χ2v) is 4.77. The van der Waals surface area contributed by atoms with Gasteiger partial charge in [-0.2, -0.15) is 0 Å². The number of rotatable bonds is 9. The Bertz CT molecular complexity index is 481. The molecule has 1 heterocycles. The molecule has 1 aromatic heterocycles. The molecule has 0 amide bonds. The molecule has 4 heteroatoms. The number of hydrogen-bond acceptors (Lipinski definition) is 3. The number of imidazole rings is 1. The van der Waals surface area contributed by atoms with Crippen molar-refractivity contribution in [2.45, 2.75) is 32.9 Å². The van der Waals surface area contributed by atoms with Crippen LogP contribution in [0, 0.1) is 0 Å². The summed E-state index contributed by atoms with van der Waals surface area (Å²) >= 11 is 0. The second kappa shape index (κ2) is 8.38. The van der Waals surface area contributed by atoms with Crippen LogP contribution in [0.5, 0.6) is 5.75 Å². The van der Waals surface area contributed by atoms with Crippen molar-refractivity contribution in [2.24, 2.45) is 0 Å². The third-order valence-electron chi connectivity index (χ3n) is 3.08. The number of ether oxygens (including phenoxy) is 1. The molecular formula is C16H23N3O. The van der Waals surface area contributed by atoms with Crippen molar-refractivity contribution in [3.63, 3.8) is 0 Å². The van der Waals surface area contributed by atoms with Crippen LogP contribution < -0.4 is 10.1 Å². The average Bonchev–Trinajstić information content (AvgIpc) is 2.92. The van der Waals surface area contributed by atoms with Gasteiger partial charge in [-0.15, -0.1) is 0 Å². The molecule has 4 nitrogen and oxygen atoms in total. The molecular weight excluding hydrogens is 250 g/mol. The highest BCUT2D eigenvalue weighted by atomic mass is 16.5. The van der Waals surface area contributed by atoms with Crippen LogP contribution in [0.4, 0.5) is 0 Å². The van der Waals surface area contributed by atoms with Crippen LogP contribution in [0.2, 0.25) is 0 Å². The van der Waals surface area contributed by atoms with Crippen LogP contribution in [0.3, 0.4) is 0 Å². The van der Waals surface area contributed by atoms with Gasteiger partial charge in [0, 0.05) is 19.3 Å². The molecule has 0 spiro atoms. The van der Waals surface area contributed by atoms with E-state index in [1.807, 2.05) is 42.9 Å². The third kappa shape index (κ3) is 4.70. The maximum atomic E-state index is 5.65. The van der Waals surface area contributed by atoms with Crippen molar-refractivity contribution in [3.8, 4) is 5.75 Å². The van der Waals surface area contributed by atoms with Gasteiger partial charge < -0.3 is 14.6 Å². The highest BCUT2D eigenvalue weighted by Crippen LogP contribution is 2.08. The minimum atomic E-state index is 0.741. The summed E-state index contributed by atoms with van der Waals surface area (Å²) in [4.78, 5) is 4.19. The number of aryl methyl sites for hydroxylation is 1. The van der Waals surface area contributed by atoms with E-state index in [1.165, 1.54) is 5.69 Å². The molecule has 0 atom stereocenters. The Hall–Kier alpha value is -1.81. The molecule has 108 valence electrons. The fraction of sp³-hybridized carbons (Fsp3) is 0.438. The van der Waals surface area contributed by atoms with Crippen molar-refractivity contribution in [1.29, 1.82) is 0 Å². The lowest BCUT2D eigenvalue weighted by atomic mass is 10.3. The number of aromatic nitrogens is 2. The summed E-state index contributed by atoms with van der Waals surface area (Å²) in [6, 6.07) is 9.94. The molecule has 0 saturated carbocycles. The van der Waals surface area contributed by atoms with Gasteiger partial charge >= 0.3 is 0 Å². The van der Waals surface area contributed by atoms with E-state index < -0.39 is 0 Å².